The summed E-state index contributed by atoms with van der Waals surface area (Å²) in [7, 11) is 0. The van der Waals surface area contributed by atoms with Crippen molar-refractivity contribution in [3.05, 3.63) is 24.7 Å². The van der Waals surface area contributed by atoms with Gasteiger partial charge in [0.25, 0.3) is 0 Å². The number of hydrogen-bond donors (Lipinski definition) is 1. The first-order valence-corrected chi connectivity index (χ1v) is 27.0. The Bertz CT molecular complexity index is 968. The highest BCUT2D eigenvalue weighted by Gasteiger charge is 2.47. The van der Waals surface area contributed by atoms with Crippen LogP contribution in [-0.2, 0) is 14.3 Å². The molecule has 0 aliphatic heterocycles. The molecule has 1 saturated carbocycles. The molecule has 5 heteroatoms. The summed E-state index contributed by atoms with van der Waals surface area (Å²) in [6.07, 6.45) is 47.0. The largest absolute Gasteiger partial charge is 0.499 e. The summed E-state index contributed by atoms with van der Waals surface area (Å²) in [5, 5.41) is 3.27. The van der Waals surface area contributed by atoms with E-state index >= 15 is 0 Å². The van der Waals surface area contributed by atoms with E-state index in [4.69, 9.17) is 9.47 Å². The van der Waals surface area contributed by atoms with Crippen LogP contribution < -0.4 is 5.32 Å². The van der Waals surface area contributed by atoms with E-state index in [1.54, 1.807) is 0 Å². The average molecular weight is 843 g/mol. The second-order valence-corrected chi connectivity index (χ2v) is 19.3. The number of amides is 1. The van der Waals surface area contributed by atoms with E-state index in [0.29, 0.717) is 12.0 Å². The molecule has 0 radical (unpaired) electrons. The molecule has 0 bridgehead atoms. The van der Waals surface area contributed by atoms with Crippen molar-refractivity contribution in [3.8, 4) is 0 Å². The van der Waals surface area contributed by atoms with E-state index in [0.717, 1.165) is 75.7 Å². The molecule has 0 spiro atoms. The van der Waals surface area contributed by atoms with Crippen LogP contribution in [0.1, 0.15) is 272 Å². The van der Waals surface area contributed by atoms with Gasteiger partial charge in [-0.05, 0) is 109 Å². The van der Waals surface area contributed by atoms with Gasteiger partial charge in [-0.3, -0.25) is 4.79 Å². The summed E-state index contributed by atoms with van der Waals surface area (Å²) >= 11 is 0. The first-order chi connectivity index (χ1) is 29.3. The lowest BCUT2D eigenvalue weighted by Gasteiger charge is -2.23. The van der Waals surface area contributed by atoms with Gasteiger partial charge in [0, 0.05) is 24.8 Å². The van der Waals surface area contributed by atoms with Crippen LogP contribution in [0.25, 0.3) is 0 Å². The molecule has 0 aromatic heterocycles. The summed E-state index contributed by atoms with van der Waals surface area (Å²) in [5.74, 6) is 3.14. The van der Waals surface area contributed by atoms with Gasteiger partial charge in [-0.15, -0.1) is 0 Å². The van der Waals surface area contributed by atoms with Crippen LogP contribution in [0.4, 0.5) is 0 Å². The molecular formula is C55H106N2O3. The molecule has 0 heterocycles. The normalized spacial score (nSPS) is 13.4. The van der Waals surface area contributed by atoms with Crippen LogP contribution in [0.5, 0.6) is 0 Å². The Balaban J connectivity index is 2.36. The van der Waals surface area contributed by atoms with Crippen LogP contribution in [0.2, 0.25) is 0 Å². The molecule has 0 saturated heterocycles. The lowest BCUT2D eigenvalue weighted by Crippen LogP contribution is -2.35. The Morgan fingerprint density at radius 2 is 0.983 bits per heavy atom. The van der Waals surface area contributed by atoms with Crippen LogP contribution in [0.3, 0.4) is 0 Å². The number of carbonyl (C=O) groups excluding carboxylic acids is 1. The topological polar surface area (TPSA) is 50.8 Å². The fourth-order valence-electron chi connectivity index (χ4n) is 9.02. The molecule has 1 aliphatic carbocycles. The van der Waals surface area contributed by atoms with Gasteiger partial charge in [-0.25, -0.2) is 0 Å². The first kappa shape index (κ1) is 56.5. The highest BCUT2D eigenvalue weighted by Crippen LogP contribution is 2.48. The smallest absolute Gasteiger partial charge is 0.226 e. The van der Waals surface area contributed by atoms with Gasteiger partial charge >= 0.3 is 0 Å². The summed E-state index contributed by atoms with van der Waals surface area (Å²) in [5.41, 5.74) is -0.0367. The zero-order chi connectivity index (χ0) is 43.8. The minimum Gasteiger partial charge on any atom is -0.499 e. The predicted octanol–water partition coefficient (Wildman–Crippen LogP) is 17.0. The molecule has 0 aromatic rings. The maximum absolute atomic E-state index is 12.7. The number of allylic oxidation sites excluding steroid dienone is 2. The number of carbonyl (C=O) groups is 1. The summed E-state index contributed by atoms with van der Waals surface area (Å²) in [6.45, 7) is 25.1. The van der Waals surface area contributed by atoms with Crippen molar-refractivity contribution in [1.29, 1.82) is 0 Å². The van der Waals surface area contributed by atoms with E-state index in [1.165, 1.54) is 212 Å². The quantitative estimate of drug-likeness (QED) is 0.0490. The third-order valence-corrected chi connectivity index (χ3v) is 13.7. The molecule has 1 amide bonds. The Labute approximate surface area is 376 Å². The zero-order valence-electron chi connectivity index (χ0n) is 41.4. The van der Waals surface area contributed by atoms with Crippen molar-refractivity contribution >= 4 is 5.91 Å². The number of nitrogens with zero attached hydrogens (tertiary/aromatic N) is 1. The van der Waals surface area contributed by atoms with Gasteiger partial charge in [0.05, 0.1) is 24.2 Å². The Morgan fingerprint density at radius 1 is 0.533 bits per heavy atom. The van der Waals surface area contributed by atoms with E-state index in [1.807, 2.05) is 0 Å². The van der Waals surface area contributed by atoms with Crippen molar-refractivity contribution in [2.75, 3.05) is 32.8 Å². The third kappa shape index (κ3) is 32.2. The summed E-state index contributed by atoms with van der Waals surface area (Å²) in [4.78, 5) is 15.4. The van der Waals surface area contributed by atoms with Crippen molar-refractivity contribution in [3.63, 3.8) is 0 Å². The standard InChI is InChI=1S/C55H106N2O3/c1-8-13-17-19-25-31-40-53(41-32-26-20-18-14-9-2)60-51(7)37-30-24-22-28-34-47-57(48-35-45-56-54(58)55(12-5)43-44-55)46-33-27-21-23-29-36-50(6)59-49-42-52(38-15-10-3)39-16-11-4/h52-53H,6-49H2,1-5H3,(H,56,58). The SMILES string of the molecule is C=C(CCCCCCCN(CCCCCCCC(=C)OC(CCCCCCCC)CCCCCCCC)CCCNC(=O)C1(CC)CC1)OCCC(CCCC)CCCC. The van der Waals surface area contributed by atoms with E-state index in [2.05, 4.69) is 58.0 Å². The highest BCUT2D eigenvalue weighted by molar-refractivity contribution is 5.85. The lowest BCUT2D eigenvalue weighted by molar-refractivity contribution is -0.126. The fourth-order valence-corrected chi connectivity index (χ4v) is 9.02. The third-order valence-electron chi connectivity index (χ3n) is 13.7. The maximum Gasteiger partial charge on any atom is 0.226 e. The van der Waals surface area contributed by atoms with Gasteiger partial charge in [-0.2, -0.15) is 0 Å². The second kappa shape index (κ2) is 40.3. The number of unbranched alkanes of at least 4 members (excludes halogenated alkanes) is 20. The monoisotopic (exact) mass is 843 g/mol. The molecule has 1 aliphatic rings. The highest BCUT2D eigenvalue weighted by atomic mass is 16.5. The minimum absolute atomic E-state index is 0.0367. The van der Waals surface area contributed by atoms with Gasteiger partial charge in [0.15, 0.2) is 0 Å². The van der Waals surface area contributed by atoms with Gasteiger partial charge in [-0.1, -0.05) is 189 Å². The van der Waals surface area contributed by atoms with Gasteiger partial charge in [0.2, 0.25) is 5.91 Å². The van der Waals surface area contributed by atoms with Crippen LogP contribution >= 0.6 is 0 Å². The Hall–Kier alpha value is -1.49. The zero-order valence-corrected chi connectivity index (χ0v) is 41.4. The van der Waals surface area contributed by atoms with Crippen molar-refractivity contribution in [2.24, 2.45) is 11.3 Å². The molecule has 0 atom stereocenters. The molecule has 354 valence electrons. The average Bonchev–Trinajstić information content (AvgIpc) is 4.06. The number of rotatable bonds is 48. The van der Waals surface area contributed by atoms with Crippen molar-refractivity contribution < 1.29 is 14.3 Å². The number of nitrogens with one attached hydrogen (secondary N) is 1. The molecule has 5 nitrogen and oxygen atoms in total. The molecule has 1 fully saturated rings. The van der Waals surface area contributed by atoms with Crippen LogP contribution in [-0.4, -0.2) is 49.7 Å². The van der Waals surface area contributed by atoms with Crippen molar-refractivity contribution in [1.82, 2.24) is 10.2 Å². The molecular weight excluding hydrogens is 737 g/mol. The molecule has 60 heavy (non-hydrogen) atoms. The summed E-state index contributed by atoms with van der Waals surface area (Å²) in [6, 6.07) is 0. The lowest BCUT2D eigenvalue weighted by atomic mass is 9.93. The Morgan fingerprint density at radius 3 is 1.48 bits per heavy atom. The van der Waals surface area contributed by atoms with Gasteiger partial charge < -0.3 is 19.7 Å². The molecule has 0 aromatic carbocycles. The first-order valence-electron chi connectivity index (χ1n) is 27.0. The molecule has 0 unspecified atom stereocenters. The minimum atomic E-state index is -0.0367. The summed E-state index contributed by atoms with van der Waals surface area (Å²) < 4.78 is 12.6. The van der Waals surface area contributed by atoms with Crippen LogP contribution in [0, 0.1) is 11.3 Å². The second-order valence-electron chi connectivity index (χ2n) is 19.3. The molecule has 1 rings (SSSR count). The number of ether oxygens (including phenoxy) is 2. The van der Waals surface area contributed by atoms with E-state index < -0.39 is 0 Å². The fraction of sp³-hybridized carbons (Fsp3) is 0.909. The van der Waals surface area contributed by atoms with Crippen LogP contribution in [0.15, 0.2) is 24.7 Å². The van der Waals surface area contributed by atoms with E-state index in [-0.39, 0.29) is 5.41 Å². The van der Waals surface area contributed by atoms with Crippen molar-refractivity contribution in [2.45, 2.75) is 278 Å². The Kier molecular flexibility index (Phi) is 38.0. The molecule has 1 N–H and O–H groups in total. The van der Waals surface area contributed by atoms with E-state index in [9.17, 15) is 4.79 Å². The maximum atomic E-state index is 12.7. The van der Waals surface area contributed by atoms with Gasteiger partial charge in [0.1, 0.15) is 0 Å². The number of hydrogen-bond acceptors (Lipinski definition) is 4. The predicted molar refractivity (Wildman–Crippen MR) is 264 cm³/mol.